The molecule has 1 unspecified atom stereocenters. The minimum absolute atomic E-state index is 0.423. The van der Waals surface area contributed by atoms with Crippen molar-refractivity contribution in [2.45, 2.75) is 59.9 Å². The molecule has 1 rings (SSSR count). The Hall–Kier alpha value is -0.900. The maximum Gasteiger partial charge on any atom is 0.150 e. The van der Waals surface area contributed by atoms with Gasteiger partial charge in [0.1, 0.15) is 5.82 Å². The van der Waals surface area contributed by atoms with Crippen molar-refractivity contribution in [2.24, 2.45) is 5.92 Å². The average molecular weight is 252 g/mol. The quantitative estimate of drug-likeness (QED) is 0.773. The Balaban J connectivity index is 2.71. The van der Waals surface area contributed by atoms with Crippen LogP contribution in [0.25, 0.3) is 0 Å². The molecule has 0 amide bonds. The first kappa shape index (κ1) is 15.2. The molecule has 104 valence electrons. The standard InChI is InChI=1S/C14H28N4/c1-6-12(10-15-9-11(4)5)18-14(8-3)16-13(7-2)17-18/h11-12,15H,6-10H2,1-5H3. The third-order valence-electron chi connectivity index (χ3n) is 3.13. The van der Waals surface area contributed by atoms with Gasteiger partial charge in [0.25, 0.3) is 0 Å². The predicted molar refractivity (Wildman–Crippen MR) is 75.8 cm³/mol. The summed E-state index contributed by atoms with van der Waals surface area (Å²) in [7, 11) is 0. The number of aromatic nitrogens is 3. The number of aryl methyl sites for hydroxylation is 2. The van der Waals surface area contributed by atoms with Gasteiger partial charge in [-0.15, -0.1) is 0 Å². The third-order valence-corrected chi connectivity index (χ3v) is 3.13. The van der Waals surface area contributed by atoms with E-state index in [0.717, 1.165) is 44.0 Å². The molecule has 0 bridgehead atoms. The highest BCUT2D eigenvalue weighted by molar-refractivity contribution is 4.95. The van der Waals surface area contributed by atoms with Crippen LogP contribution < -0.4 is 5.32 Å². The van der Waals surface area contributed by atoms with Crippen LogP contribution in [0.15, 0.2) is 0 Å². The Morgan fingerprint density at radius 1 is 1.11 bits per heavy atom. The fourth-order valence-corrected chi connectivity index (χ4v) is 2.03. The molecule has 4 nitrogen and oxygen atoms in total. The maximum atomic E-state index is 4.63. The summed E-state index contributed by atoms with van der Waals surface area (Å²) in [6.45, 7) is 13.0. The third kappa shape index (κ3) is 4.09. The fourth-order valence-electron chi connectivity index (χ4n) is 2.03. The number of hydrogen-bond acceptors (Lipinski definition) is 3. The van der Waals surface area contributed by atoms with Crippen LogP contribution in [0.3, 0.4) is 0 Å². The highest BCUT2D eigenvalue weighted by atomic mass is 15.4. The van der Waals surface area contributed by atoms with Gasteiger partial charge in [-0.2, -0.15) is 5.10 Å². The Kier molecular flexibility index (Phi) is 6.33. The van der Waals surface area contributed by atoms with Crippen molar-refractivity contribution in [2.75, 3.05) is 13.1 Å². The number of nitrogens with one attached hydrogen (secondary N) is 1. The van der Waals surface area contributed by atoms with Gasteiger partial charge in [-0.25, -0.2) is 9.67 Å². The summed E-state index contributed by atoms with van der Waals surface area (Å²) >= 11 is 0. The lowest BCUT2D eigenvalue weighted by atomic mass is 10.2. The van der Waals surface area contributed by atoms with Gasteiger partial charge in [0.05, 0.1) is 6.04 Å². The van der Waals surface area contributed by atoms with Crippen molar-refractivity contribution >= 4 is 0 Å². The highest BCUT2D eigenvalue weighted by Gasteiger charge is 2.15. The molecule has 0 spiro atoms. The van der Waals surface area contributed by atoms with Crippen molar-refractivity contribution in [3.8, 4) is 0 Å². The van der Waals surface area contributed by atoms with E-state index >= 15 is 0 Å². The number of hydrogen-bond donors (Lipinski definition) is 1. The lowest BCUT2D eigenvalue weighted by Gasteiger charge is -2.18. The summed E-state index contributed by atoms with van der Waals surface area (Å²) in [6, 6.07) is 0.423. The van der Waals surface area contributed by atoms with Crippen molar-refractivity contribution < 1.29 is 0 Å². The molecule has 0 aliphatic carbocycles. The van der Waals surface area contributed by atoms with Gasteiger partial charge in [0, 0.05) is 19.4 Å². The van der Waals surface area contributed by atoms with Gasteiger partial charge in [0.15, 0.2) is 5.82 Å². The Labute approximate surface area is 111 Å². The zero-order valence-corrected chi connectivity index (χ0v) is 12.5. The van der Waals surface area contributed by atoms with Crippen LogP contribution in [0.1, 0.15) is 58.7 Å². The molecule has 1 aromatic heterocycles. The van der Waals surface area contributed by atoms with E-state index < -0.39 is 0 Å². The molecule has 0 aliphatic heterocycles. The summed E-state index contributed by atoms with van der Waals surface area (Å²) < 4.78 is 2.13. The fraction of sp³-hybridized carbons (Fsp3) is 0.857. The van der Waals surface area contributed by atoms with Crippen LogP contribution in [0.5, 0.6) is 0 Å². The van der Waals surface area contributed by atoms with E-state index in [2.05, 4.69) is 54.7 Å². The summed E-state index contributed by atoms with van der Waals surface area (Å²) in [4.78, 5) is 4.58. The molecule has 4 heteroatoms. The first-order valence-corrected chi connectivity index (χ1v) is 7.27. The molecule has 0 aliphatic rings. The van der Waals surface area contributed by atoms with Gasteiger partial charge < -0.3 is 5.32 Å². The molecule has 18 heavy (non-hydrogen) atoms. The van der Waals surface area contributed by atoms with E-state index in [1.807, 2.05) is 0 Å². The summed E-state index contributed by atoms with van der Waals surface area (Å²) in [5, 5.41) is 8.16. The smallest absolute Gasteiger partial charge is 0.150 e. The Morgan fingerprint density at radius 3 is 2.33 bits per heavy atom. The molecule has 0 aromatic carbocycles. The van der Waals surface area contributed by atoms with Crippen molar-refractivity contribution in [1.82, 2.24) is 20.1 Å². The Morgan fingerprint density at radius 2 is 1.83 bits per heavy atom. The molecule has 0 fully saturated rings. The average Bonchev–Trinajstić information content (AvgIpc) is 2.77. The Bertz CT molecular complexity index is 344. The van der Waals surface area contributed by atoms with Crippen LogP contribution in [0, 0.1) is 5.92 Å². The zero-order chi connectivity index (χ0) is 13.5. The van der Waals surface area contributed by atoms with Crippen LogP contribution in [0.4, 0.5) is 0 Å². The second-order valence-corrected chi connectivity index (χ2v) is 5.21. The maximum absolute atomic E-state index is 4.63. The summed E-state index contributed by atoms with van der Waals surface area (Å²) in [6.07, 6.45) is 2.95. The number of nitrogens with zero attached hydrogens (tertiary/aromatic N) is 3. The van der Waals surface area contributed by atoms with E-state index in [1.54, 1.807) is 0 Å². The van der Waals surface area contributed by atoms with Crippen LogP contribution in [-0.4, -0.2) is 27.9 Å². The minimum atomic E-state index is 0.423. The topological polar surface area (TPSA) is 42.7 Å². The molecule has 1 aromatic rings. The van der Waals surface area contributed by atoms with Gasteiger partial charge >= 0.3 is 0 Å². The van der Waals surface area contributed by atoms with Crippen LogP contribution in [-0.2, 0) is 12.8 Å². The monoisotopic (exact) mass is 252 g/mol. The normalized spacial score (nSPS) is 13.2. The molecule has 0 saturated carbocycles. The first-order valence-electron chi connectivity index (χ1n) is 7.27. The zero-order valence-electron chi connectivity index (χ0n) is 12.5. The second kappa shape index (κ2) is 7.52. The van der Waals surface area contributed by atoms with Crippen molar-refractivity contribution in [3.63, 3.8) is 0 Å². The van der Waals surface area contributed by atoms with Crippen LogP contribution >= 0.6 is 0 Å². The lowest BCUT2D eigenvalue weighted by Crippen LogP contribution is -2.29. The van der Waals surface area contributed by atoms with E-state index in [0.29, 0.717) is 12.0 Å². The molecule has 1 atom stereocenters. The molecule has 1 N–H and O–H groups in total. The van der Waals surface area contributed by atoms with E-state index in [1.165, 1.54) is 0 Å². The van der Waals surface area contributed by atoms with Crippen molar-refractivity contribution in [3.05, 3.63) is 11.6 Å². The van der Waals surface area contributed by atoms with Gasteiger partial charge in [-0.3, -0.25) is 0 Å². The molecular formula is C14H28N4. The lowest BCUT2D eigenvalue weighted by molar-refractivity contribution is 0.387. The summed E-state index contributed by atoms with van der Waals surface area (Å²) in [5.74, 6) is 2.77. The van der Waals surface area contributed by atoms with Crippen molar-refractivity contribution in [1.29, 1.82) is 0 Å². The minimum Gasteiger partial charge on any atom is -0.314 e. The SMILES string of the molecule is CCc1nc(CC)n(C(CC)CNCC(C)C)n1. The molecule has 0 radical (unpaired) electrons. The highest BCUT2D eigenvalue weighted by Crippen LogP contribution is 2.13. The second-order valence-electron chi connectivity index (χ2n) is 5.21. The molecule has 1 heterocycles. The largest absolute Gasteiger partial charge is 0.314 e. The number of rotatable bonds is 8. The molecular weight excluding hydrogens is 224 g/mol. The van der Waals surface area contributed by atoms with Gasteiger partial charge in [-0.05, 0) is 18.9 Å². The summed E-state index contributed by atoms with van der Waals surface area (Å²) in [5.41, 5.74) is 0. The van der Waals surface area contributed by atoms with Gasteiger partial charge in [0.2, 0.25) is 0 Å². The van der Waals surface area contributed by atoms with E-state index in [9.17, 15) is 0 Å². The predicted octanol–water partition coefficient (Wildman–Crippen LogP) is 2.60. The van der Waals surface area contributed by atoms with Crippen LogP contribution in [0.2, 0.25) is 0 Å². The van der Waals surface area contributed by atoms with E-state index in [4.69, 9.17) is 0 Å². The van der Waals surface area contributed by atoms with E-state index in [-0.39, 0.29) is 0 Å². The van der Waals surface area contributed by atoms with Gasteiger partial charge in [-0.1, -0.05) is 34.6 Å². The first-order chi connectivity index (χ1) is 8.62. The molecule has 0 saturated heterocycles.